The average Bonchev–Trinajstić information content (AvgIpc) is 2.35. The molecule has 0 amide bonds. The molecule has 1 aliphatic heterocycles. The van der Waals surface area contributed by atoms with E-state index in [1.165, 1.54) is 0 Å². The monoisotopic (exact) mass is 329 g/mol. The lowest BCUT2D eigenvalue weighted by Crippen LogP contribution is -2.63. The number of Topliss-reactive ketones (excluding diaryl/α,β-unsaturated/α-hetero) is 1. The summed E-state index contributed by atoms with van der Waals surface area (Å²) in [5, 5.41) is 10.5. The minimum absolute atomic E-state index is 0.538. The van der Waals surface area contributed by atoms with Gasteiger partial charge in [-0.25, -0.2) is 0 Å². The van der Waals surface area contributed by atoms with Gasteiger partial charge in [-0.1, -0.05) is 0 Å². The Morgan fingerprint density at radius 3 is 2.14 bits per heavy atom. The summed E-state index contributed by atoms with van der Waals surface area (Å²) >= 11 is 0. The maximum atomic E-state index is 12.9. The number of halogens is 6. The Balaban J connectivity index is 2.60. The van der Waals surface area contributed by atoms with Gasteiger partial charge < -0.3 is 4.74 Å². The van der Waals surface area contributed by atoms with Gasteiger partial charge in [0, 0.05) is 12.1 Å². The van der Waals surface area contributed by atoms with Crippen LogP contribution < -0.4 is 4.74 Å². The zero-order chi connectivity index (χ0) is 16.9. The summed E-state index contributed by atoms with van der Waals surface area (Å²) in [5.41, 5.74) is -6.01. The van der Waals surface area contributed by atoms with E-state index in [4.69, 9.17) is 0 Å². The van der Waals surface area contributed by atoms with Crippen molar-refractivity contribution in [3.63, 3.8) is 0 Å². The van der Waals surface area contributed by atoms with E-state index in [1.807, 2.05) is 0 Å². The Hall–Kier alpha value is -2.33. The Morgan fingerprint density at radius 1 is 1.14 bits per heavy atom. The first-order valence-corrected chi connectivity index (χ1v) is 5.53. The summed E-state index contributed by atoms with van der Waals surface area (Å²) in [6.45, 7) is 0. The van der Waals surface area contributed by atoms with Gasteiger partial charge in [0.25, 0.3) is 5.69 Å². The molecule has 5 nitrogen and oxygen atoms in total. The van der Waals surface area contributed by atoms with E-state index in [1.54, 1.807) is 0 Å². The van der Waals surface area contributed by atoms with Gasteiger partial charge in [-0.15, -0.1) is 0 Å². The molecule has 0 atom stereocenters. The van der Waals surface area contributed by atoms with Crippen LogP contribution in [0.4, 0.5) is 32.0 Å². The molecule has 120 valence electrons. The van der Waals surface area contributed by atoms with E-state index in [0.717, 1.165) is 0 Å². The number of nitro groups is 1. The molecule has 11 heteroatoms. The van der Waals surface area contributed by atoms with E-state index in [9.17, 15) is 41.3 Å². The number of non-ortho nitro benzene ring substituents is 1. The third kappa shape index (κ3) is 2.25. The fraction of sp³-hybridized carbons (Fsp3) is 0.364. The standard InChI is InChI=1S/C11H5F6NO4/c12-10(13,14)9(11(15,16)17)4-7(19)6-3-5(18(20)21)1-2-8(6)22-9/h1-3H,4H2. The molecule has 0 N–H and O–H groups in total. The Morgan fingerprint density at radius 2 is 1.68 bits per heavy atom. The minimum atomic E-state index is -5.89. The number of ketones is 1. The van der Waals surface area contributed by atoms with Crippen LogP contribution in [0.25, 0.3) is 0 Å². The van der Waals surface area contributed by atoms with Crippen molar-refractivity contribution in [1.29, 1.82) is 0 Å². The molecule has 0 fully saturated rings. The van der Waals surface area contributed by atoms with Gasteiger partial charge in [-0.3, -0.25) is 14.9 Å². The molecule has 0 bridgehead atoms. The molecule has 1 aromatic rings. The van der Waals surface area contributed by atoms with Crippen molar-refractivity contribution in [3.8, 4) is 5.75 Å². The van der Waals surface area contributed by atoms with Crippen molar-refractivity contribution >= 4 is 11.5 Å². The van der Waals surface area contributed by atoms with Crippen molar-refractivity contribution < 1.29 is 40.8 Å². The average molecular weight is 329 g/mol. The number of rotatable bonds is 1. The predicted molar refractivity (Wildman–Crippen MR) is 57.5 cm³/mol. The van der Waals surface area contributed by atoms with Crippen molar-refractivity contribution in [1.82, 2.24) is 0 Å². The minimum Gasteiger partial charge on any atom is -0.467 e. The summed E-state index contributed by atoms with van der Waals surface area (Å²) < 4.78 is 81.2. The molecule has 0 saturated heterocycles. The van der Waals surface area contributed by atoms with Gasteiger partial charge in [0.1, 0.15) is 5.75 Å². The molecule has 0 unspecified atom stereocenters. The van der Waals surface area contributed by atoms with Crippen LogP contribution in [0.5, 0.6) is 5.75 Å². The maximum Gasteiger partial charge on any atom is 0.437 e. The molecule has 0 saturated carbocycles. The first-order valence-electron chi connectivity index (χ1n) is 5.53. The highest BCUT2D eigenvalue weighted by atomic mass is 19.4. The number of fused-ring (bicyclic) bond motifs is 1. The molecule has 0 aromatic heterocycles. The fourth-order valence-corrected chi connectivity index (χ4v) is 1.96. The molecule has 22 heavy (non-hydrogen) atoms. The molecular formula is C11H5F6NO4. The van der Waals surface area contributed by atoms with E-state index < -0.39 is 52.1 Å². The second-order valence-corrected chi connectivity index (χ2v) is 4.46. The number of carbonyl (C=O) groups is 1. The normalized spacial score (nSPS) is 17.6. The summed E-state index contributed by atoms with van der Waals surface area (Å²) in [7, 11) is 0. The third-order valence-corrected chi connectivity index (χ3v) is 3.08. The number of alkyl halides is 6. The largest absolute Gasteiger partial charge is 0.467 e. The van der Waals surface area contributed by atoms with Gasteiger partial charge in [0.05, 0.1) is 16.9 Å². The van der Waals surface area contributed by atoms with Crippen LogP contribution >= 0.6 is 0 Å². The molecule has 1 aromatic carbocycles. The Bertz CT molecular complexity index is 637. The lowest BCUT2D eigenvalue weighted by atomic mass is 9.88. The number of hydrogen-bond donors (Lipinski definition) is 0. The highest BCUT2D eigenvalue weighted by molar-refractivity contribution is 6.01. The Labute approximate surface area is 117 Å². The van der Waals surface area contributed by atoms with Gasteiger partial charge in [-0.2, -0.15) is 26.3 Å². The molecule has 0 spiro atoms. The fourth-order valence-electron chi connectivity index (χ4n) is 1.96. The first kappa shape index (κ1) is 16.0. The van der Waals surface area contributed by atoms with Gasteiger partial charge in [-0.05, 0) is 6.07 Å². The highest BCUT2D eigenvalue weighted by Gasteiger charge is 2.75. The van der Waals surface area contributed by atoms with Crippen LogP contribution in [0.15, 0.2) is 18.2 Å². The lowest BCUT2D eigenvalue weighted by Gasteiger charge is -2.39. The van der Waals surface area contributed by atoms with Gasteiger partial charge in [0.2, 0.25) is 0 Å². The van der Waals surface area contributed by atoms with Crippen LogP contribution in [-0.2, 0) is 0 Å². The SMILES string of the molecule is O=C1CC(C(F)(F)F)(C(F)(F)F)Oc2ccc([N+](=O)[O-])cc21. The van der Waals surface area contributed by atoms with E-state index in [2.05, 4.69) is 4.74 Å². The molecule has 0 radical (unpaired) electrons. The van der Waals surface area contributed by atoms with Crippen LogP contribution in [0.2, 0.25) is 0 Å². The zero-order valence-corrected chi connectivity index (χ0v) is 10.3. The highest BCUT2D eigenvalue weighted by Crippen LogP contribution is 2.51. The lowest BCUT2D eigenvalue weighted by molar-refractivity contribution is -0.385. The number of hydrogen-bond acceptors (Lipinski definition) is 4. The molecule has 0 aliphatic carbocycles. The smallest absolute Gasteiger partial charge is 0.437 e. The van der Waals surface area contributed by atoms with E-state index in [-0.39, 0.29) is 0 Å². The Kier molecular flexibility index (Phi) is 3.34. The summed E-state index contributed by atoms with van der Waals surface area (Å²) in [4.78, 5) is 21.3. The number of nitrogens with zero attached hydrogens (tertiary/aromatic N) is 1. The van der Waals surface area contributed by atoms with Crippen LogP contribution in [0.1, 0.15) is 16.8 Å². The van der Waals surface area contributed by atoms with Crippen molar-refractivity contribution in [2.24, 2.45) is 0 Å². The maximum absolute atomic E-state index is 12.9. The van der Waals surface area contributed by atoms with E-state index in [0.29, 0.717) is 18.2 Å². The molecular weight excluding hydrogens is 324 g/mol. The summed E-state index contributed by atoms with van der Waals surface area (Å²) in [6.07, 6.45) is -13.8. The summed E-state index contributed by atoms with van der Waals surface area (Å²) in [6, 6.07) is 1.76. The van der Waals surface area contributed by atoms with Crippen LogP contribution in [0.3, 0.4) is 0 Å². The number of ether oxygens (including phenoxy) is 1. The van der Waals surface area contributed by atoms with E-state index >= 15 is 0 Å². The van der Waals surface area contributed by atoms with Crippen LogP contribution in [-0.4, -0.2) is 28.7 Å². The molecule has 1 heterocycles. The van der Waals surface area contributed by atoms with Crippen molar-refractivity contribution in [2.45, 2.75) is 24.4 Å². The van der Waals surface area contributed by atoms with Crippen molar-refractivity contribution in [2.75, 3.05) is 0 Å². The van der Waals surface area contributed by atoms with Gasteiger partial charge >= 0.3 is 18.0 Å². The van der Waals surface area contributed by atoms with Crippen molar-refractivity contribution in [3.05, 3.63) is 33.9 Å². The number of benzene rings is 1. The second kappa shape index (κ2) is 4.58. The number of carbonyl (C=O) groups excluding carboxylic acids is 1. The third-order valence-electron chi connectivity index (χ3n) is 3.08. The molecule has 1 aliphatic rings. The predicted octanol–water partition coefficient (Wildman–Crippen LogP) is 3.42. The number of nitro benzene ring substituents is 1. The van der Waals surface area contributed by atoms with Crippen LogP contribution in [0, 0.1) is 10.1 Å². The quantitative estimate of drug-likeness (QED) is 0.450. The zero-order valence-electron chi connectivity index (χ0n) is 10.3. The first-order chi connectivity index (χ1) is 9.89. The molecule has 2 rings (SSSR count). The summed E-state index contributed by atoms with van der Waals surface area (Å²) in [5.74, 6) is -2.55. The second-order valence-electron chi connectivity index (χ2n) is 4.46. The topological polar surface area (TPSA) is 69.4 Å². The van der Waals surface area contributed by atoms with Gasteiger partial charge in [0.15, 0.2) is 5.78 Å².